The van der Waals surface area contributed by atoms with E-state index >= 15 is 0 Å². The molecule has 0 saturated carbocycles. The highest BCUT2D eigenvalue weighted by atomic mass is 35.5. The first kappa shape index (κ1) is 13.8. The Hall–Kier alpha value is -1.62. The van der Waals surface area contributed by atoms with Gasteiger partial charge in [0.25, 0.3) is 5.91 Å². The Balaban J connectivity index is 2.33. The number of hydrogen-bond acceptors (Lipinski definition) is 2. The second-order valence-electron chi connectivity index (χ2n) is 4.77. The fraction of sp³-hybridized carbons (Fsp3) is 0.385. The maximum atomic E-state index is 13.1. The van der Waals surface area contributed by atoms with Crippen molar-refractivity contribution in [3.8, 4) is 0 Å². The van der Waals surface area contributed by atoms with Gasteiger partial charge in [-0.05, 0) is 38.0 Å². The van der Waals surface area contributed by atoms with E-state index in [2.05, 4.69) is 0 Å². The number of aliphatic carboxylic acids is 1. The first-order valence-electron chi connectivity index (χ1n) is 5.86. The molecule has 0 radical (unpaired) electrons. The summed E-state index contributed by atoms with van der Waals surface area (Å²) in [6, 6.07) is 3.63. The Labute approximate surface area is 114 Å². The van der Waals surface area contributed by atoms with Crippen molar-refractivity contribution in [2.75, 3.05) is 6.54 Å². The Morgan fingerprint density at radius 3 is 2.74 bits per heavy atom. The van der Waals surface area contributed by atoms with Crippen molar-refractivity contribution < 1.29 is 19.1 Å². The van der Waals surface area contributed by atoms with Crippen LogP contribution in [-0.2, 0) is 4.79 Å². The van der Waals surface area contributed by atoms with Gasteiger partial charge in [-0.25, -0.2) is 9.18 Å². The van der Waals surface area contributed by atoms with Crippen LogP contribution < -0.4 is 0 Å². The monoisotopic (exact) mass is 285 g/mol. The SMILES string of the molecule is CC1(C(=O)O)CCCN1C(=O)c1ccc(F)c(Cl)c1. The highest BCUT2D eigenvalue weighted by molar-refractivity contribution is 6.31. The van der Waals surface area contributed by atoms with Crippen LogP contribution in [0.5, 0.6) is 0 Å². The van der Waals surface area contributed by atoms with Crippen LogP contribution in [0.25, 0.3) is 0 Å². The molecular weight excluding hydrogens is 273 g/mol. The van der Waals surface area contributed by atoms with Crippen LogP contribution in [0.2, 0.25) is 5.02 Å². The van der Waals surface area contributed by atoms with Crippen molar-refractivity contribution in [2.24, 2.45) is 0 Å². The highest BCUT2D eigenvalue weighted by Crippen LogP contribution is 2.31. The molecule has 4 nitrogen and oxygen atoms in total. The van der Waals surface area contributed by atoms with Gasteiger partial charge in [-0.3, -0.25) is 4.79 Å². The third-order valence-corrected chi connectivity index (χ3v) is 3.80. The summed E-state index contributed by atoms with van der Waals surface area (Å²) in [7, 11) is 0. The molecule has 1 aliphatic heterocycles. The molecule has 6 heteroatoms. The normalized spacial score (nSPS) is 22.6. The first-order valence-corrected chi connectivity index (χ1v) is 6.24. The number of hydrogen-bond donors (Lipinski definition) is 1. The van der Waals surface area contributed by atoms with Gasteiger partial charge in [-0.1, -0.05) is 11.6 Å². The van der Waals surface area contributed by atoms with E-state index in [-0.39, 0.29) is 10.6 Å². The number of nitrogens with zero attached hydrogens (tertiary/aromatic N) is 1. The number of amides is 1. The third-order valence-electron chi connectivity index (χ3n) is 3.51. The number of halogens is 2. The van der Waals surface area contributed by atoms with Crippen molar-refractivity contribution in [2.45, 2.75) is 25.3 Å². The molecule has 1 unspecified atom stereocenters. The van der Waals surface area contributed by atoms with Crippen LogP contribution in [0, 0.1) is 5.82 Å². The van der Waals surface area contributed by atoms with Crippen LogP contribution >= 0.6 is 11.6 Å². The lowest BCUT2D eigenvalue weighted by molar-refractivity contribution is -0.147. The molecule has 1 heterocycles. The largest absolute Gasteiger partial charge is 0.480 e. The van der Waals surface area contributed by atoms with E-state index in [4.69, 9.17) is 11.6 Å². The highest BCUT2D eigenvalue weighted by Gasteiger charge is 2.46. The van der Waals surface area contributed by atoms with Gasteiger partial charge in [0.05, 0.1) is 5.02 Å². The summed E-state index contributed by atoms with van der Waals surface area (Å²) in [6.07, 6.45) is 1.03. The molecule has 1 aliphatic rings. The van der Waals surface area contributed by atoms with E-state index in [1.165, 1.54) is 24.0 Å². The van der Waals surface area contributed by atoms with Gasteiger partial charge in [0, 0.05) is 12.1 Å². The zero-order chi connectivity index (χ0) is 14.2. The van der Waals surface area contributed by atoms with Crippen LogP contribution in [-0.4, -0.2) is 34.0 Å². The minimum Gasteiger partial charge on any atom is -0.480 e. The molecule has 0 aliphatic carbocycles. The molecule has 0 bridgehead atoms. The maximum absolute atomic E-state index is 13.1. The summed E-state index contributed by atoms with van der Waals surface area (Å²) in [6.45, 7) is 1.89. The van der Waals surface area contributed by atoms with Crippen LogP contribution in [0.1, 0.15) is 30.1 Å². The third kappa shape index (κ3) is 2.30. The Morgan fingerprint density at radius 1 is 1.47 bits per heavy atom. The number of carbonyl (C=O) groups excluding carboxylic acids is 1. The van der Waals surface area contributed by atoms with Gasteiger partial charge in [0.15, 0.2) is 0 Å². The van der Waals surface area contributed by atoms with E-state index in [0.29, 0.717) is 19.4 Å². The molecule has 19 heavy (non-hydrogen) atoms. The molecule has 0 spiro atoms. The first-order chi connectivity index (χ1) is 8.86. The predicted octanol–water partition coefficient (Wildman–Crippen LogP) is 2.56. The molecule has 1 aromatic rings. The van der Waals surface area contributed by atoms with Crippen molar-refractivity contribution in [1.82, 2.24) is 4.90 Å². The summed E-state index contributed by atoms with van der Waals surface area (Å²) < 4.78 is 13.1. The van der Waals surface area contributed by atoms with Crippen molar-refractivity contribution in [3.05, 3.63) is 34.6 Å². The number of rotatable bonds is 2. The van der Waals surface area contributed by atoms with Gasteiger partial charge in [-0.15, -0.1) is 0 Å². The van der Waals surface area contributed by atoms with Crippen LogP contribution in [0.4, 0.5) is 4.39 Å². The molecule has 1 fully saturated rings. The standard InChI is InChI=1S/C13H13ClFNO3/c1-13(12(18)19)5-2-6-16(13)11(17)8-3-4-10(15)9(14)7-8/h3-4,7H,2,5-6H2,1H3,(H,18,19). The fourth-order valence-corrected chi connectivity index (χ4v) is 2.48. The smallest absolute Gasteiger partial charge is 0.329 e. The van der Waals surface area contributed by atoms with Gasteiger partial charge in [0.2, 0.25) is 0 Å². The summed E-state index contributed by atoms with van der Waals surface area (Å²) >= 11 is 5.64. The van der Waals surface area contributed by atoms with Gasteiger partial charge in [0.1, 0.15) is 11.4 Å². The van der Waals surface area contributed by atoms with Gasteiger partial charge >= 0.3 is 5.97 Å². The zero-order valence-electron chi connectivity index (χ0n) is 10.3. The fourth-order valence-electron chi connectivity index (χ4n) is 2.30. The van der Waals surface area contributed by atoms with Gasteiger partial charge in [-0.2, -0.15) is 0 Å². The number of benzene rings is 1. The lowest BCUT2D eigenvalue weighted by Gasteiger charge is -2.31. The molecule has 1 atom stereocenters. The Morgan fingerprint density at radius 2 is 2.16 bits per heavy atom. The van der Waals surface area contributed by atoms with Crippen molar-refractivity contribution in [1.29, 1.82) is 0 Å². The second-order valence-corrected chi connectivity index (χ2v) is 5.18. The van der Waals surface area contributed by atoms with E-state index in [9.17, 15) is 19.1 Å². The molecule has 0 aromatic heterocycles. The van der Waals surface area contributed by atoms with E-state index < -0.39 is 23.2 Å². The molecule has 1 N–H and O–H groups in total. The molecular formula is C13H13ClFNO3. The maximum Gasteiger partial charge on any atom is 0.329 e. The second kappa shape index (κ2) is 4.81. The van der Waals surface area contributed by atoms with Crippen molar-refractivity contribution >= 4 is 23.5 Å². The quantitative estimate of drug-likeness (QED) is 0.908. The topological polar surface area (TPSA) is 57.6 Å². The number of carboxylic acids is 1. The average Bonchev–Trinajstić information content (AvgIpc) is 2.75. The van der Waals surface area contributed by atoms with E-state index in [1.54, 1.807) is 0 Å². The number of carbonyl (C=O) groups is 2. The summed E-state index contributed by atoms with van der Waals surface area (Å²) in [5.74, 6) is -2.09. The Bertz CT molecular complexity index is 549. The minimum atomic E-state index is -1.21. The molecule has 102 valence electrons. The predicted molar refractivity (Wildman–Crippen MR) is 67.7 cm³/mol. The number of carboxylic acid groups (broad SMARTS) is 1. The molecule has 1 amide bonds. The molecule has 1 saturated heterocycles. The minimum absolute atomic E-state index is 0.151. The van der Waals surface area contributed by atoms with Crippen molar-refractivity contribution in [3.63, 3.8) is 0 Å². The summed E-state index contributed by atoms with van der Waals surface area (Å²) in [5, 5.41) is 9.11. The van der Waals surface area contributed by atoms with E-state index in [0.717, 1.165) is 6.07 Å². The van der Waals surface area contributed by atoms with Gasteiger partial charge < -0.3 is 10.0 Å². The number of likely N-dealkylation sites (tertiary alicyclic amines) is 1. The van der Waals surface area contributed by atoms with E-state index in [1.807, 2.05) is 0 Å². The molecule has 2 rings (SSSR count). The zero-order valence-corrected chi connectivity index (χ0v) is 11.1. The van der Waals surface area contributed by atoms with Crippen LogP contribution in [0.3, 0.4) is 0 Å². The molecule has 1 aromatic carbocycles. The summed E-state index contributed by atoms with van der Waals surface area (Å²) in [4.78, 5) is 24.9. The average molecular weight is 286 g/mol. The lowest BCUT2D eigenvalue weighted by atomic mass is 9.98. The Kier molecular flexibility index (Phi) is 3.49. The lowest BCUT2D eigenvalue weighted by Crippen LogP contribution is -2.50. The van der Waals surface area contributed by atoms with Crippen LogP contribution in [0.15, 0.2) is 18.2 Å². The summed E-state index contributed by atoms with van der Waals surface area (Å²) in [5.41, 5.74) is -1.02.